The second-order valence-corrected chi connectivity index (χ2v) is 7.77. The topological polar surface area (TPSA) is 44.4 Å². The van der Waals surface area contributed by atoms with Gasteiger partial charge < -0.3 is 15.5 Å². The molecule has 3 rings (SSSR count). The van der Waals surface area contributed by atoms with Crippen molar-refractivity contribution in [3.8, 4) is 0 Å². The third-order valence-corrected chi connectivity index (χ3v) is 6.01. The van der Waals surface area contributed by atoms with Gasteiger partial charge >= 0.3 is 0 Å². The Labute approximate surface area is 159 Å². The normalized spacial score (nSPS) is 30.8. The fourth-order valence-corrected chi connectivity index (χ4v) is 4.44. The monoisotopic (exact) mass is 379 g/mol. The molecule has 0 aromatic heterocycles. The zero-order valence-corrected chi connectivity index (χ0v) is 16.6. The van der Waals surface area contributed by atoms with Crippen LogP contribution in [0.4, 0.5) is 0 Å². The van der Waals surface area contributed by atoms with E-state index >= 15 is 0 Å². The number of hydrogen-bond acceptors (Lipinski definition) is 3. The molecule has 0 bridgehead atoms. The van der Waals surface area contributed by atoms with Gasteiger partial charge in [0.25, 0.3) is 0 Å². The molecule has 3 fully saturated rings. The first-order valence-corrected chi connectivity index (χ1v) is 9.48. The fraction of sp³-hybridized carbons (Fsp3) is 0.944. The Morgan fingerprint density at radius 2 is 1.83 bits per heavy atom. The van der Waals surface area contributed by atoms with Gasteiger partial charge in [0.1, 0.15) is 0 Å². The number of amides is 1. The summed E-state index contributed by atoms with van der Waals surface area (Å²) in [5.41, 5.74) is 0. The van der Waals surface area contributed by atoms with Crippen LogP contribution in [0.5, 0.6) is 0 Å². The molecule has 1 amide bonds. The molecule has 3 aliphatic rings. The predicted molar refractivity (Wildman–Crippen MR) is 104 cm³/mol. The lowest BCUT2D eigenvalue weighted by atomic mass is 9.85. The van der Waals surface area contributed by atoms with Gasteiger partial charge in [-0.25, -0.2) is 0 Å². The third-order valence-electron chi connectivity index (χ3n) is 6.01. The highest BCUT2D eigenvalue weighted by Gasteiger charge is 2.37. The molecule has 4 nitrogen and oxygen atoms in total. The maximum Gasteiger partial charge on any atom is 0.237 e. The van der Waals surface area contributed by atoms with Gasteiger partial charge in [0, 0.05) is 12.6 Å². The van der Waals surface area contributed by atoms with Gasteiger partial charge in [-0.15, -0.1) is 24.8 Å². The van der Waals surface area contributed by atoms with Crippen molar-refractivity contribution in [3.05, 3.63) is 0 Å². The molecule has 6 heteroatoms. The van der Waals surface area contributed by atoms with Gasteiger partial charge in [-0.1, -0.05) is 19.8 Å². The van der Waals surface area contributed by atoms with Crippen LogP contribution in [0.15, 0.2) is 0 Å². The molecular weight excluding hydrogens is 345 g/mol. The van der Waals surface area contributed by atoms with E-state index < -0.39 is 0 Å². The van der Waals surface area contributed by atoms with E-state index in [0.29, 0.717) is 6.04 Å². The average Bonchev–Trinajstić information content (AvgIpc) is 2.97. The third kappa shape index (κ3) is 6.05. The van der Waals surface area contributed by atoms with Crippen molar-refractivity contribution in [2.75, 3.05) is 26.2 Å². The summed E-state index contributed by atoms with van der Waals surface area (Å²) in [7, 11) is 0. The fourth-order valence-electron chi connectivity index (χ4n) is 4.44. The number of likely N-dealkylation sites (tertiary alicyclic amines) is 1. The number of nitrogens with zero attached hydrogens (tertiary/aromatic N) is 1. The number of hydrogen-bond donors (Lipinski definition) is 2. The van der Waals surface area contributed by atoms with Crippen LogP contribution in [0, 0.1) is 11.8 Å². The van der Waals surface area contributed by atoms with E-state index in [1.165, 1.54) is 51.6 Å². The molecule has 0 radical (unpaired) electrons. The Kier molecular flexibility index (Phi) is 9.95. The van der Waals surface area contributed by atoms with Crippen molar-refractivity contribution in [1.82, 2.24) is 15.5 Å². The summed E-state index contributed by atoms with van der Waals surface area (Å²) >= 11 is 0. The number of fused-ring (bicyclic) bond motifs is 1. The minimum Gasteiger partial charge on any atom is -0.355 e. The molecule has 0 aromatic carbocycles. The lowest BCUT2D eigenvalue weighted by Gasteiger charge is -2.30. The van der Waals surface area contributed by atoms with E-state index in [4.69, 9.17) is 0 Å². The van der Waals surface area contributed by atoms with Gasteiger partial charge in [0.05, 0.1) is 6.04 Å². The molecule has 1 aliphatic carbocycles. The van der Waals surface area contributed by atoms with Crippen LogP contribution in [-0.4, -0.2) is 49.1 Å². The van der Waals surface area contributed by atoms with Gasteiger partial charge in [0.15, 0.2) is 0 Å². The highest BCUT2D eigenvalue weighted by molar-refractivity contribution is 5.85. The summed E-state index contributed by atoms with van der Waals surface area (Å²) in [6.07, 6.45) is 10.1. The molecule has 142 valence electrons. The first kappa shape index (κ1) is 22.0. The molecule has 24 heavy (non-hydrogen) atoms. The Balaban J connectivity index is 0.00000144. The van der Waals surface area contributed by atoms with E-state index in [0.717, 1.165) is 37.8 Å². The highest BCUT2D eigenvalue weighted by atomic mass is 35.5. The maximum absolute atomic E-state index is 12.3. The minimum absolute atomic E-state index is 0. The maximum atomic E-state index is 12.3. The summed E-state index contributed by atoms with van der Waals surface area (Å²) in [5.74, 6) is 1.88. The zero-order valence-electron chi connectivity index (χ0n) is 15.0. The highest BCUT2D eigenvalue weighted by Crippen LogP contribution is 2.33. The standard InChI is InChI=1S/C18H33N3O.2ClH/c1-14-7-11-21(12-8-14)10-4-9-19-18(22)17-13-15-5-2-3-6-16(15)20-17;;/h14-17,20H,2-13H2,1H3,(H,19,22);2*1H. The van der Waals surface area contributed by atoms with Crippen LogP contribution < -0.4 is 10.6 Å². The largest absolute Gasteiger partial charge is 0.355 e. The van der Waals surface area contributed by atoms with Crippen LogP contribution in [0.1, 0.15) is 58.3 Å². The van der Waals surface area contributed by atoms with Crippen LogP contribution in [-0.2, 0) is 4.79 Å². The Hall–Kier alpha value is -0.0300. The number of halogens is 2. The predicted octanol–water partition coefficient (Wildman–Crippen LogP) is 2.99. The van der Waals surface area contributed by atoms with Crippen LogP contribution in [0.2, 0.25) is 0 Å². The number of rotatable bonds is 5. The van der Waals surface area contributed by atoms with Gasteiger partial charge in [-0.3, -0.25) is 4.79 Å². The molecular formula is C18H35Cl2N3O. The van der Waals surface area contributed by atoms with Gasteiger partial charge in [-0.05, 0) is 70.0 Å². The molecule has 2 aliphatic heterocycles. The van der Waals surface area contributed by atoms with Crippen molar-refractivity contribution >= 4 is 30.7 Å². The molecule has 2 N–H and O–H groups in total. The summed E-state index contributed by atoms with van der Waals surface area (Å²) in [5, 5.41) is 6.72. The summed E-state index contributed by atoms with van der Waals surface area (Å²) < 4.78 is 0. The van der Waals surface area contributed by atoms with E-state index in [1.807, 2.05) is 0 Å². The van der Waals surface area contributed by atoms with Crippen molar-refractivity contribution in [2.24, 2.45) is 11.8 Å². The summed E-state index contributed by atoms with van der Waals surface area (Å²) in [4.78, 5) is 14.8. The average molecular weight is 380 g/mol. The van der Waals surface area contributed by atoms with Gasteiger partial charge in [0.2, 0.25) is 5.91 Å². The second-order valence-electron chi connectivity index (χ2n) is 7.77. The SMILES string of the molecule is CC1CCN(CCCNC(=O)C2CC3CCCCC3N2)CC1.Cl.Cl. The lowest BCUT2D eigenvalue weighted by Crippen LogP contribution is -2.44. The molecule has 0 aromatic rings. The van der Waals surface area contributed by atoms with E-state index in [9.17, 15) is 4.79 Å². The van der Waals surface area contributed by atoms with E-state index in [2.05, 4.69) is 22.5 Å². The Morgan fingerprint density at radius 3 is 2.54 bits per heavy atom. The first-order chi connectivity index (χ1) is 10.7. The van der Waals surface area contributed by atoms with Crippen molar-refractivity contribution in [3.63, 3.8) is 0 Å². The second kappa shape index (κ2) is 10.8. The Morgan fingerprint density at radius 1 is 1.12 bits per heavy atom. The zero-order chi connectivity index (χ0) is 15.4. The first-order valence-electron chi connectivity index (χ1n) is 9.48. The van der Waals surface area contributed by atoms with Crippen molar-refractivity contribution in [1.29, 1.82) is 0 Å². The van der Waals surface area contributed by atoms with Crippen LogP contribution in [0.3, 0.4) is 0 Å². The molecule has 3 unspecified atom stereocenters. The number of carbonyl (C=O) groups is 1. The van der Waals surface area contributed by atoms with Crippen molar-refractivity contribution < 1.29 is 4.79 Å². The number of nitrogens with one attached hydrogen (secondary N) is 2. The van der Waals surface area contributed by atoms with Crippen LogP contribution in [0.25, 0.3) is 0 Å². The molecule has 0 spiro atoms. The molecule has 2 saturated heterocycles. The summed E-state index contributed by atoms with van der Waals surface area (Å²) in [6.45, 7) is 6.80. The number of piperidine rings is 1. The summed E-state index contributed by atoms with van der Waals surface area (Å²) in [6, 6.07) is 0.684. The smallest absolute Gasteiger partial charge is 0.237 e. The lowest BCUT2D eigenvalue weighted by molar-refractivity contribution is -0.122. The van der Waals surface area contributed by atoms with Gasteiger partial charge in [-0.2, -0.15) is 0 Å². The van der Waals surface area contributed by atoms with E-state index in [1.54, 1.807) is 0 Å². The quantitative estimate of drug-likeness (QED) is 0.721. The van der Waals surface area contributed by atoms with Crippen LogP contribution >= 0.6 is 24.8 Å². The molecule has 1 saturated carbocycles. The van der Waals surface area contributed by atoms with E-state index in [-0.39, 0.29) is 36.8 Å². The minimum atomic E-state index is 0. The number of carbonyl (C=O) groups excluding carboxylic acids is 1. The van der Waals surface area contributed by atoms with Crippen molar-refractivity contribution in [2.45, 2.75) is 70.4 Å². The molecule has 3 atom stereocenters. The molecule has 2 heterocycles. The Bertz CT molecular complexity index is 361.